The summed E-state index contributed by atoms with van der Waals surface area (Å²) in [5, 5.41) is 0. The van der Waals surface area contributed by atoms with E-state index in [-0.39, 0.29) is 0 Å². The Morgan fingerprint density at radius 2 is 2.12 bits per heavy atom. The minimum absolute atomic E-state index is 0.703. The molecule has 1 nitrogen and oxygen atoms in total. The maximum Gasteiger partial charge on any atom is 0.0198 e. The summed E-state index contributed by atoms with van der Waals surface area (Å²) >= 11 is 4.25. The highest BCUT2D eigenvalue weighted by Crippen LogP contribution is 2.27. The molecule has 1 saturated heterocycles. The predicted octanol–water partition coefficient (Wildman–Crippen LogP) is 2.96. The van der Waals surface area contributed by atoms with Crippen LogP contribution in [0, 0.1) is 0 Å². The van der Waals surface area contributed by atoms with Crippen LogP contribution in [-0.4, -0.2) is 30.3 Å². The standard InChI is InChI=1S/C14H19NS/c1-12(11-16)9-15-8-7-14(10-15)13-5-3-2-4-6-13/h2-6,14,16H,1,7-11H2. The fourth-order valence-electron chi connectivity index (χ4n) is 2.34. The molecule has 1 aliphatic rings. The van der Waals surface area contributed by atoms with Crippen LogP contribution in [0.4, 0.5) is 0 Å². The van der Waals surface area contributed by atoms with Crippen LogP contribution >= 0.6 is 12.6 Å². The second-order valence-electron chi connectivity index (χ2n) is 4.54. The number of hydrogen-bond acceptors (Lipinski definition) is 2. The van der Waals surface area contributed by atoms with E-state index in [1.54, 1.807) is 0 Å². The minimum Gasteiger partial charge on any atom is -0.299 e. The summed E-state index contributed by atoms with van der Waals surface area (Å²) in [6.07, 6.45) is 1.27. The lowest BCUT2D eigenvalue weighted by molar-refractivity contribution is 0.364. The molecule has 0 aliphatic carbocycles. The molecule has 0 bridgehead atoms. The van der Waals surface area contributed by atoms with Gasteiger partial charge in [-0.3, -0.25) is 4.90 Å². The molecule has 1 fully saturated rings. The lowest BCUT2D eigenvalue weighted by atomic mass is 9.99. The lowest BCUT2D eigenvalue weighted by Crippen LogP contribution is -2.23. The third-order valence-electron chi connectivity index (χ3n) is 3.21. The monoisotopic (exact) mass is 233 g/mol. The molecule has 1 unspecified atom stereocenters. The zero-order valence-electron chi connectivity index (χ0n) is 9.60. The number of rotatable bonds is 4. The first-order valence-electron chi connectivity index (χ1n) is 5.84. The zero-order valence-corrected chi connectivity index (χ0v) is 10.5. The van der Waals surface area contributed by atoms with Crippen molar-refractivity contribution in [1.82, 2.24) is 4.90 Å². The van der Waals surface area contributed by atoms with E-state index in [4.69, 9.17) is 0 Å². The van der Waals surface area contributed by atoms with Crippen LogP contribution in [0.2, 0.25) is 0 Å². The van der Waals surface area contributed by atoms with Gasteiger partial charge < -0.3 is 0 Å². The summed E-state index contributed by atoms with van der Waals surface area (Å²) in [5.74, 6) is 1.50. The predicted molar refractivity (Wildman–Crippen MR) is 73.2 cm³/mol. The van der Waals surface area contributed by atoms with E-state index < -0.39 is 0 Å². The first-order chi connectivity index (χ1) is 7.79. The van der Waals surface area contributed by atoms with Crippen molar-refractivity contribution >= 4 is 12.6 Å². The van der Waals surface area contributed by atoms with Crippen LogP contribution in [0.15, 0.2) is 42.5 Å². The fourth-order valence-corrected chi connectivity index (χ4v) is 2.44. The molecule has 0 amide bonds. The van der Waals surface area contributed by atoms with Crippen molar-refractivity contribution in [2.45, 2.75) is 12.3 Å². The first-order valence-corrected chi connectivity index (χ1v) is 6.47. The molecule has 1 aliphatic heterocycles. The molecule has 0 spiro atoms. The van der Waals surface area contributed by atoms with E-state index in [2.05, 4.69) is 54.4 Å². The molecule has 2 heteroatoms. The van der Waals surface area contributed by atoms with E-state index in [0.717, 1.165) is 18.8 Å². The van der Waals surface area contributed by atoms with Gasteiger partial charge in [-0.2, -0.15) is 12.6 Å². The van der Waals surface area contributed by atoms with E-state index in [0.29, 0.717) is 5.92 Å². The summed E-state index contributed by atoms with van der Waals surface area (Å²) in [4.78, 5) is 2.48. The van der Waals surface area contributed by atoms with Crippen molar-refractivity contribution in [1.29, 1.82) is 0 Å². The second kappa shape index (κ2) is 5.55. The van der Waals surface area contributed by atoms with Gasteiger partial charge in [0.05, 0.1) is 0 Å². The van der Waals surface area contributed by atoms with Gasteiger partial charge in [-0.05, 0) is 24.4 Å². The number of thiol groups is 1. The molecule has 1 heterocycles. The maximum atomic E-state index is 4.25. The van der Waals surface area contributed by atoms with E-state index in [1.165, 1.54) is 24.1 Å². The summed E-state index contributed by atoms with van der Waals surface area (Å²) < 4.78 is 0. The summed E-state index contributed by atoms with van der Waals surface area (Å²) in [7, 11) is 0. The molecule has 2 rings (SSSR count). The van der Waals surface area contributed by atoms with Crippen molar-refractivity contribution in [3.05, 3.63) is 48.0 Å². The number of benzene rings is 1. The van der Waals surface area contributed by atoms with Gasteiger partial charge in [-0.25, -0.2) is 0 Å². The molecule has 0 saturated carbocycles. The molecule has 1 aromatic rings. The molecule has 0 N–H and O–H groups in total. The average molecular weight is 233 g/mol. The third kappa shape index (κ3) is 2.89. The highest BCUT2D eigenvalue weighted by molar-refractivity contribution is 7.80. The number of nitrogens with zero attached hydrogens (tertiary/aromatic N) is 1. The highest BCUT2D eigenvalue weighted by Gasteiger charge is 2.23. The average Bonchev–Trinajstić information content (AvgIpc) is 2.78. The lowest BCUT2D eigenvalue weighted by Gasteiger charge is -2.16. The van der Waals surface area contributed by atoms with Gasteiger partial charge in [-0.1, -0.05) is 42.5 Å². The van der Waals surface area contributed by atoms with Crippen molar-refractivity contribution in [3.8, 4) is 0 Å². The van der Waals surface area contributed by atoms with Gasteiger partial charge in [0.15, 0.2) is 0 Å². The minimum atomic E-state index is 0.703. The van der Waals surface area contributed by atoms with Gasteiger partial charge in [0.25, 0.3) is 0 Å². The Balaban J connectivity index is 1.91. The van der Waals surface area contributed by atoms with Gasteiger partial charge in [0.2, 0.25) is 0 Å². The van der Waals surface area contributed by atoms with Crippen LogP contribution in [0.3, 0.4) is 0 Å². The summed E-state index contributed by atoms with van der Waals surface area (Å²) in [6, 6.07) is 10.8. The molecule has 0 radical (unpaired) electrons. The quantitative estimate of drug-likeness (QED) is 0.618. The van der Waals surface area contributed by atoms with Crippen LogP contribution < -0.4 is 0 Å². The Labute approximate surface area is 104 Å². The molecular weight excluding hydrogens is 214 g/mol. The van der Waals surface area contributed by atoms with Crippen LogP contribution in [-0.2, 0) is 0 Å². The summed E-state index contributed by atoms with van der Waals surface area (Å²) in [5.41, 5.74) is 2.69. The normalized spacial score (nSPS) is 21.2. The van der Waals surface area contributed by atoms with Crippen molar-refractivity contribution in [2.75, 3.05) is 25.4 Å². The summed E-state index contributed by atoms with van der Waals surface area (Å²) in [6.45, 7) is 7.37. The van der Waals surface area contributed by atoms with Gasteiger partial charge in [0, 0.05) is 18.8 Å². The Kier molecular flexibility index (Phi) is 4.08. The smallest absolute Gasteiger partial charge is 0.0198 e. The number of likely N-dealkylation sites (tertiary alicyclic amines) is 1. The van der Waals surface area contributed by atoms with Gasteiger partial charge >= 0.3 is 0 Å². The number of hydrogen-bond donors (Lipinski definition) is 1. The Bertz CT molecular complexity index is 347. The Morgan fingerprint density at radius 1 is 1.38 bits per heavy atom. The van der Waals surface area contributed by atoms with Crippen LogP contribution in [0.1, 0.15) is 17.9 Å². The van der Waals surface area contributed by atoms with Crippen molar-refractivity contribution < 1.29 is 0 Å². The Morgan fingerprint density at radius 3 is 2.81 bits per heavy atom. The molecule has 86 valence electrons. The molecular formula is C14H19NS. The van der Waals surface area contributed by atoms with Gasteiger partial charge in [0.1, 0.15) is 0 Å². The Hall–Kier alpha value is -0.730. The second-order valence-corrected chi connectivity index (χ2v) is 4.86. The van der Waals surface area contributed by atoms with Crippen LogP contribution in [0.25, 0.3) is 0 Å². The molecule has 1 atom stereocenters. The van der Waals surface area contributed by atoms with Crippen LogP contribution in [0.5, 0.6) is 0 Å². The fraction of sp³-hybridized carbons (Fsp3) is 0.429. The first kappa shape index (κ1) is 11.7. The topological polar surface area (TPSA) is 3.24 Å². The molecule has 1 aromatic carbocycles. The van der Waals surface area contributed by atoms with E-state index in [9.17, 15) is 0 Å². The largest absolute Gasteiger partial charge is 0.299 e. The molecule has 16 heavy (non-hydrogen) atoms. The SMILES string of the molecule is C=C(CS)CN1CCC(c2ccccc2)C1. The zero-order chi connectivity index (χ0) is 11.4. The molecule has 0 aromatic heterocycles. The maximum absolute atomic E-state index is 4.25. The van der Waals surface area contributed by atoms with Crippen molar-refractivity contribution in [3.63, 3.8) is 0 Å². The van der Waals surface area contributed by atoms with Gasteiger partial charge in [-0.15, -0.1) is 0 Å². The van der Waals surface area contributed by atoms with E-state index in [1.807, 2.05) is 0 Å². The third-order valence-corrected chi connectivity index (χ3v) is 3.66. The van der Waals surface area contributed by atoms with Crippen molar-refractivity contribution in [2.24, 2.45) is 0 Å². The van der Waals surface area contributed by atoms with E-state index >= 15 is 0 Å². The highest BCUT2D eigenvalue weighted by atomic mass is 32.1.